The van der Waals surface area contributed by atoms with Crippen molar-refractivity contribution in [3.8, 4) is 18.4 Å². The predicted molar refractivity (Wildman–Crippen MR) is 66.8 cm³/mol. The first kappa shape index (κ1) is 13.6. The van der Waals surface area contributed by atoms with Crippen molar-refractivity contribution in [2.45, 2.75) is 44.9 Å². The zero-order chi connectivity index (χ0) is 12.5. The number of hydrogen-bond acceptors (Lipinski definition) is 2. The molecule has 1 fully saturated rings. The molecule has 92 valence electrons. The summed E-state index contributed by atoms with van der Waals surface area (Å²) in [6.45, 7) is 0.364. The topological polar surface area (TPSA) is 44.1 Å². The molecule has 0 aromatic carbocycles. The first-order chi connectivity index (χ1) is 8.29. The largest absolute Gasteiger partial charge is 0.318 e. The summed E-state index contributed by atoms with van der Waals surface area (Å²) in [5, 5.41) is 8.70. The van der Waals surface area contributed by atoms with Gasteiger partial charge in [-0.05, 0) is 12.8 Å². The van der Waals surface area contributed by atoms with Gasteiger partial charge in [0.05, 0.1) is 12.6 Å². The van der Waals surface area contributed by atoms with Crippen molar-refractivity contribution < 1.29 is 4.79 Å². The fraction of sp³-hybridized carbons (Fsp3) is 0.714. The van der Waals surface area contributed by atoms with E-state index in [1.807, 2.05) is 6.07 Å². The van der Waals surface area contributed by atoms with Gasteiger partial charge in [0.25, 0.3) is 0 Å². The molecule has 0 N–H and O–H groups in total. The van der Waals surface area contributed by atoms with E-state index in [2.05, 4.69) is 5.92 Å². The van der Waals surface area contributed by atoms with Crippen LogP contribution in [0.2, 0.25) is 0 Å². The van der Waals surface area contributed by atoms with Gasteiger partial charge in [-0.25, -0.2) is 0 Å². The summed E-state index contributed by atoms with van der Waals surface area (Å²) < 4.78 is 0. The molecule has 0 spiro atoms. The number of rotatable bonds is 3. The lowest BCUT2D eigenvalue weighted by Gasteiger charge is -2.25. The maximum absolute atomic E-state index is 12.2. The second kappa shape index (κ2) is 7.74. The van der Waals surface area contributed by atoms with Gasteiger partial charge < -0.3 is 4.90 Å². The third kappa shape index (κ3) is 4.49. The van der Waals surface area contributed by atoms with Crippen LogP contribution >= 0.6 is 0 Å². The zero-order valence-electron chi connectivity index (χ0n) is 10.3. The molecule has 0 unspecified atom stereocenters. The number of amides is 1. The van der Waals surface area contributed by atoms with Crippen molar-refractivity contribution in [1.29, 1.82) is 5.26 Å². The second-order valence-corrected chi connectivity index (χ2v) is 4.60. The Morgan fingerprint density at radius 1 is 1.18 bits per heavy atom. The Labute approximate surface area is 104 Å². The van der Waals surface area contributed by atoms with Crippen molar-refractivity contribution in [2.75, 3.05) is 13.1 Å². The highest BCUT2D eigenvalue weighted by Crippen LogP contribution is 2.23. The van der Waals surface area contributed by atoms with Gasteiger partial charge >= 0.3 is 0 Å². The first-order valence-corrected chi connectivity index (χ1v) is 6.38. The summed E-state index contributed by atoms with van der Waals surface area (Å²) in [5.41, 5.74) is 0. The molecule has 1 aliphatic rings. The molecule has 0 heterocycles. The van der Waals surface area contributed by atoms with Crippen molar-refractivity contribution in [3.05, 3.63) is 0 Å². The molecule has 0 aromatic rings. The Kier molecular flexibility index (Phi) is 6.18. The highest BCUT2D eigenvalue weighted by Gasteiger charge is 2.23. The molecule has 1 amide bonds. The number of nitriles is 1. The van der Waals surface area contributed by atoms with Gasteiger partial charge in [0.15, 0.2) is 0 Å². The molecule has 0 bridgehead atoms. The number of carbonyl (C=O) groups is 1. The van der Waals surface area contributed by atoms with E-state index >= 15 is 0 Å². The van der Waals surface area contributed by atoms with Crippen LogP contribution in [0.4, 0.5) is 0 Å². The van der Waals surface area contributed by atoms with Crippen molar-refractivity contribution in [2.24, 2.45) is 5.92 Å². The average molecular weight is 232 g/mol. The highest BCUT2D eigenvalue weighted by molar-refractivity contribution is 5.79. The molecule has 0 aliphatic heterocycles. The zero-order valence-corrected chi connectivity index (χ0v) is 10.3. The van der Waals surface area contributed by atoms with E-state index in [-0.39, 0.29) is 24.9 Å². The fourth-order valence-electron chi connectivity index (χ4n) is 2.37. The normalized spacial score (nSPS) is 17.3. The fourth-order valence-corrected chi connectivity index (χ4v) is 2.37. The second-order valence-electron chi connectivity index (χ2n) is 4.60. The molecule has 0 aromatic heterocycles. The summed E-state index contributed by atoms with van der Waals surface area (Å²) in [7, 11) is 0. The minimum atomic E-state index is 0.0754. The lowest BCUT2D eigenvalue weighted by atomic mass is 9.90. The van der Waals surface area contributed by atoms with Crippen LogP contribution in [0.5, 0.6) is 0 Å². The van der Waals surface area contributed by atoms with E-state index in [4.69, 9.17) is 11.7 Å². The Balaban J connectivity index is 2.57. The summed E-state index contributed by atoms with van der Waals surface area (Å²) in [6, 6.07) is 2.01. The molecule has 1 saturated carbocycles. The van der Waals surface area contributed by atoms with E-state index in [1.54, 1.807) is 0 Å². The van der Waals surface area contributed by atoms with Crippen LogP contribution in [0.15, 0.2) is 0 Å². The van der Waals surface area contributed by atoms with Crippen LogP contribution in [0, 0.1) is 29.6 Å². The molecule has 0 radical (unpaired) electrons. The standard InChI is InChI=1S/C14H20N2O/c1-2-11-16(12-10-15)14(17)13-8-6-4-3-5-7-9-13/h1,13H,3-9,11-12H2. The van der Waals surface area contributed by atoms with Crippen LogP contribution in [-0.2, 0) is 4.79 Å². The van der Waals surface area contributed by atoms with Gasteiger partial charge in [-0.2, -0.15) is 5.26 Å². The lowest BCUT2D eigenvalue weighted by Crippen LogP contribution is -2.37. The van der Waals surface area contributed by atoms with Crippen LogP contribution in [0.3, 0.4) is 0 Å². The van der Waals surface area contributed by atoms with E-state index in [0.29, 0.717) is 0 Å². The number of hydrogen-bond donors (Lipinski definition) is 0. The molecule has 17 heavy (non-hydrogen) atoms. The predicted octanol–water partition coefficient (Wildman–Crippen LogP) is 2.33. The number of carbonyl (C=O) groups excluding carboxylic acids is 1. The van der Waals surface area contributed by atoms with E-state index in [0.717, 1.165) is 25.7 Å². The van der Waals surface area contributed by atoms with Gasteiger partial charge in [-0.1, -0.05) is 38.0 Å². The highest BCUT2D eigenvalue weighted by atomic mass is 16.2. The average Bonchev–Trinajstić information content (AvgIpc) is 2.27. The number of nitrogens with zero attached hydrogens (tertiary/aromatic N) is 2. The Morgan fingerprint density at radius 3 is 2.29 bits per heavy atom. The van der Waals surface area contributed by atoms with Crippen LogP contribution in [0.1, 0.15) is 44.9 Å². The molecule has 1 rings (SSSR count). The van der Waals surface area contributed by atoms with Crippen LogP contribution in [-0.4, -0.2) is 23.9 Å². The molecule has 0 atom stereocenters. The maximum Gasteiger partial charge on any atom is 0.227 e. The molecular weight excluding hydrogens is 212 g/mol. The lowest BCUT2D eigenvalue weighted by molar-refractivity contribution is -0.135. The third-order valence-electron chi connectivity index (χ3n) is 3.31. The molecule has 0 saturated heterocycles. The minimum absolute atomic E-state index is 0.0754. The van der Waals surface area contributed by atoms with Gasteiger partial charge in [0.2, 0.25) is 5.91 Å². The molecule has 3 nitrogen and oxygen atoms in total. The third-order valence-corrected chi connectivity index (χ3v) is 3.31. The Bertz CT molecular complexity index is 300. The van der Waals surface area contributed by atoms with Crippen molar-refractivity contribution in [3.63, 3.8) is 0 Å². The summed E-state index contributed by atoms with van der Waals surface area (Å²) in [5.74, 6) is 2.61. The van der Waals surface area contributed by atoms with Crippen LogP contribution < -0.4 is 0 Å². The minimum Gasteiger partial charge on any atom is -0.318 e. The smallest absolute Gasteiger partial charge is 0.227 e. The molecular formula is C14H20N2O. The van der Waals surface area contributed by atoms with Gasteiger partial charge in [-0.3, -0.25) is 4.79 Å². The van der Waals surface area contributed by atoms with Gasteiger partial charge in [0, 0.05) is 5.92 Å². The van der Waals surface area contributed by atoms with E-state index in [1.165, 1.54) is 24.2 Å². The van der Waals surface area contributed by atoms with E-state index in [9.17, 15) is 4.79 Å². The SMILES string of the molecule is C#CCN(CC#N)C(=O)C1CCCCCCC1. The van der Waals surface area contributed by atoms with Gasteiger partial charge in [0.1, 0.15) is 6.54 Å². The monoisotopic (exact) mass is 232 g/mol. The maximum atomic E-state index is 12.2. The van der Waals surface area contributed by atoms with Crippen molar-refractivity contribution in [1.82, 2.24) is 4.90 Å². The summed E-state index contributed by atoms with van der Waals surface area (Å²) >= 11 is 0. The Hall–Kier alpha value is -1.48. The molecule has 3 heteroatoms. The first-order valence-electron chi connectivity index (χ1n) is 6.38. The summed E-state index contributed by atoms with van der Waals surface area (Å²) in [4.78, 5) is 13.7. The Morgan fingerprint density at radius 2 is 1.76 bits per heavy atom. The molecule has 1 aliphatic carbocycles. The van der Waals surface area contributed by atoms with Gasteiger partial charge in [-0.15, -0.1) is 6.42 Å². The van der Waals surface area contributed by atoms with Crippen molar-refractivity contribution >= 4 is 5.91 Å². The summed E-state index contributed by atoms with van der Waals surface area (Å²) in [6.07, 6.45) is 13.1. The van der Waals surface area contributed by atoms with E-state index < -0.39 is 0 Å². The quantitative estimate of drug-likeness (QED) is 0.553. The number of terminal acetylenes is 1. The van der Waals surface area contributed by atoms with Crippen LogP contribution in [0.25, 0.3) is 0 Å².